The molecule has 0 unspecified atom stereocenters. The van der Waals surface area contributed by atoms with Crippen molar-refractivity contribution in [3.63, 3.8) is 0 Å². The molecule has 0 aromatic heterocycles. The largest absolute Gasteiger partial charge is 0.592 e. The van der Waals surface area contributed by atoms with E-state index in [-0.39, 0.29) is 25.3 Å². The second-order valence-corrected chi connectivity index (χ2v) is 1.70. The van der Waals surface area contributed by atoms with Crippen LogP contribution in [-0.2, 0) is 20.4 Å². The Labute approximate surface area is 77.4 Å². The smallest absolute Gasteiger partial charge is 0.248 e. The molecule has 0 spiro atoms. The molecular weight excluding hydrogens is 238 g/mol. The van der Waals surface area contributed by atoms with Crippen molar-refractivity contribution in [2.75, 3.05) is 0 Å². The van der Waals surface area contributed by atoms with Crippen LogP contribution in [0.15, 0.2) is 35.6 Å². The van der Waals surface area contributed by atoms with Crippen molar-refractivity contribution in [1.29, 1.82) is 0 Å². The van der Waals surface area contributed by atoms with Gasteiger partial charge >= 0.3 is 0 Å². The van der Waals surface area contributed by atoms with Gasteiger partial charge in [-0.15, -0.1) is 0 Å². The molecule has 11 heavy (non-hydrogen) atoms. The summed E-state index contributed by atoms with van der Waals surface area (Å²) in [5.41, 5.74) is 0.310. The molecule has 0 radical (unpaired) electrons. The van der Waals surface area contributed by atoms with E-state index in [9.17, 15) is 5.21 Å². The standard InChI is InChI=1S/C6H6N2O2.Pd/c9-7-8(10)6-4-2-1-3-5-6;/h1-5,9H;. The summed E-state index contributed by atoms with van der Waals surface area (Å²) < 4.78 is 0. The van der Waals surface area contributed by atoms with E-state index in [1.54, 1.807) is 30.3 Å². The zero-order valence-corrected chi connectivity index (χ0v) is 7.01. The maximum absolute atomic E-state index is 10.5. The van der Waals surface area contributed by atoms with Crippen LogP contribution in [0.25, 0.3) is 0 Å². The fraction of sp³-hybridized carbons (Fsp3) is 0. The molecule has 0 atom stereocenters. The Hall–Kier alpha value is -0.918. The molecule has 62 valence electrons. The summed E-state index contributed by atoms with van der Waals surface area (Å²) in [6.45, 7) is 0. The van der Waals surface area contributed by atoms with Gasteiger partial charge in [-0.25, -0.2) is 0 Å². The monoisotopic (exact) mass is 244 g/mol. The van der Waals surface area contributed by atoms with Crippen LogP contribution in [0.2, 0.25) is 0 Å². The molecule has 0 saturated heterocycles. The molecule has 0 bridgehead atoms. The van der Waals surface area contributed by atoms with Gasteiger partial charge in [0.2, 0.25) is 11.0 Å². The second kappa shape index (κ2) is 4.83. The quantitative estimate of drug-likeness (QED) is 0.354. The molecule has 5 heteroatoms. The van der Waals surface area contributed by atoms with Gasteiger partial charge in [0, 0.05) is 32.6 Å². The summed E-state index contributed by atoms with van der Waals surface area (Å²) in [7, 11) is 0. The van der Waals surface area contributed by atoms with Gasteiger partial charge in [0.05, 0.1) is 0 Å². The van der Waals surface area contributed by atoms with E-state index in [4.69, 9.17) is 5.21 Å². The average molecular weight is 245 g/mol. The van der Waals surface area contributed by atoms with E-state index in [2.05, 4.69) is 5.28 Å². The van der Waals surface area contributed by atoms with Crippen molar-refractivity contribution >= 4 is 5.69 Å². The van der Waals surface area contributed by atoms with Crippen molar-refractivity contribution in [3.05, 3.63) is 35.5 Å². The van der Waals surface area contributed by atoms with Crippen LogP contribution in [0.3, 0.4) is 0 Å². The molecule has 0 aliphatic carbocycles. The van der Waals surface area contributed by atoms with Gasteiger partial charge < -0.3 is 10.4 Å². The number of hydrogen-bond acceptors (Lipinski definition) is 2. The van der Waals surface area contributed by atoms with E-state index in [0.29, 0.717) is 5.69 Å². The summed E-state index contributed by atoms with van der Waals surface area (Å²) in [5.74, 6) is 0. The zero-order chi connectivity index (χ0) is 7.40. The SMILES string of the molecule is [O-][N+](=NO)c1ccccc1.[Pd]. The molecular formula is C6H6N2O2Pd. The van der Waals surface area contributed by atoms with Crippen LogP contribution in [0.5, 0.6) is 0 Å². The molecule has 1 N–H and O–H groups in total. The van der Waals surface area contributed by atoms with Gasteiger partial charge in [-0.05, 0) is 4.86 Å². The predicted octanol–water partition coefficient (Wildman–Crippen LogP) is 1.67. The fourth-order valence-corrected chi connectivity index (χ4v) is 0.607. The molecule has 1 aromatic carbocycles. The van der Waals surface area contributed by atoms with E-state index in [1.165, 1.54) is 0 Å². The Balaban J connectivity index is 0.000001000. The minimum absolute atomic E-state index is 0. The van der Waals surface area contributed by atoms with Crippen molar-refractivity contribution in [1.82, 2.24) is 0 Å². The summed E-state index contributed by atoms with van der Waals surface area (Å²) in [6.07, 6.45) is 0. The normalized spacial score (nSPS) is 10.4. The second-order valence-electron chi connectivity index (χ2n) is 1.70. The summed E-state index contributed by atoms with van der Waals surface area (Å²) >= 11 is 0. The zero-order valence-electron chi connectivity index (χ0n) is 5.45. The molecule has 0 saturated carbocycles. The van der Waals surface area contributed by atoms with Crippen LogP contribution in [0, 0.1) is 5.21 Å². The van der Waals surface area contributed by atoms with Crippen LogP contribution in [0.4, 0.5) is 5.69 Å². The Morgan fingerprint density at radius 2 is 1.82 bits per heavy atom. The Bertz CT molecular complexity index is 238. The molecule has 0 fully saturated rings. The maximum Gasteiger partial charge on any atom is 0.248 e. The van der Waals surface area contributed by atoms with Crippen molar-refractivity contribution < 1.29 is 30.5 Å². The van der Waals surface area contributed by atoms with Gasteiger partial charge in [-0.1, -0.05) is 18.2 Å². The first-order valence-electron chi connectivity index (χ1n) is 2.72. The van der Waals surface area contributed by atoms with Crippen LogP contribution >= 0.6 is 0 Å². The van der Waals surface area contributed by atoms with Gasteiger partial charge in [0.1, 0.15) is 0 Å². The summed E-state index contributed by atoms with van der Waals surface area (Å²) in [5, 5.41) is 21.0. The van der Waals surface area contributed by atoms with Crippen LogP contribution in [-0.4, -0.2) is 10.1 Å². The molecule has 4 nitrogen and oxygen atoms in total. The predicted molar refractivity (Wildman–Crippen MR) is 33.9 cm³/mol. The van der Waals surface area contributed by atoms with Gasteiger partial charge in [-0.3, -0.25) is 0 Å². The Kier molecular flexibility index (Phi) is 4.43. The number of benzene rings is 1. The Morgan fingerprint density at radius 3 is 2.27 bits per heavy atom. The first kappa shape index (κ1) is 10.1. The average Bonchev–Trinajstić information content (AvgIpc) is 2.05. The van der Waals surface area contributed by atoms with E-state index < -0.39 is 0 Å². The van der Waals surface area contributed by atoms with Crippen LogP contribution in [0.1, 0.15) is 0 Å². The molecule has 0 aliphatic heterocycles. The maximum atomic E-state index is 10.5. The third-order valence-corrected chi connectivity index (χ3v) is 1.06. The topological polar surface area (TPSA) is 58.7 Å². The van der Waals surface area contributed by atoms with Crippen molar-refractivity contribution in [2.24, 2.45) is 5.28 Å². The van der Waals surface area contributed by atoms with Gasteiger partial charge in [0.15, 0.2) is 0 Å². The first-order valence-corrected chi connectivity index (χ1v) is 2.72. The third kappa shape index (κ3) is 2.66. The molecule has 0 amide bonds. The van der Waals surface area contributed by atoms with E-state index in [1.807, 2.05) is 0 Å². The minimum Gasteiger partial charge on any atom is -0.592 e. The molecule has 0 aliphatic rings. The fourth-order valence-electron chi connectivity index (χ4n) is 0.607. The van der Waals surface area contributed by atoms with Crippen molar-refractivity contribution in [3.8, 4) is 0 Å². The van der Waals surface area contributed by atoms with Gasteiger partial charge in [0.25, 0.3) is 0 Å². The molecule has 0 heterocycles. The molecule has 1 aromatic rings. The number of nitrogens with zero attached hydrogens (tertiary/aromatic N) is 2. The van der Waals surface area contributed by atoms with E-state index in [0.717, 1.165) is 0 Å². The van der Waals surface area contributed by atoms with Gasteiger partial charge in [-0.2, -0.15) is 0 Å². The first-order chi connectivity index (χ1) is 4.84. The summed E-state index contributed by atoms with van der Waals surface area (Å²) in [4.78, 5) is 0.139. The summed E-state index contributed by atoms with van der Waals surface area (Å²) in [6, 6.07) is 8.24. The minimum atomic E-state index is 0. The third-order valence-electron chi connectivity index (χ3n) is 1.06. The van der Waals surface area contributed by atoms with E-state index >= 15 is 0 Å². The van der Waals surface area contributed by atoms with Crippen LogP contribution < -0.4 is 0 Å². The number of rotatable bonds is 1. The van der Waals surface area contributed by atoms with Crippen molar-refractivity contribution in [2.45, 2.75) is 0 Å². The number of hydrogen-bond donors (Lipinski definition) is 1. The molecule has 1 rings (SSSR count). The Morgan fingerprint density at radius 1 is 1.27 bits per heavy atom. The number of para-hydroxylation sites is 1.